The minimum absolute atomic E-state index is 0.0471. The summed E-state index contributed by atoms with van der Waals surface area (Å²) in [6, 6.07) is 5.20. The summed E-state index contributed by atoms with van der Waals surface area (Å²) < 4.78 is 69.6. The molecule has 1 saturated heterocycles. The van der Waals surface area contributed by atoms with Crippen LogP contribution >= 0.6 is 11.6 Å². The Bertz CT molecular complexity index is 2100. The second kappa shape index (κ2) is 12.2. The Balaban J connectivity index is 1.26. The highest BCUT2D eigenvalue weighted by Gasteiger charge is 2.54. The molecule has 3 aliphatic rings. The van der Waals surface area contributed by atoms with Crippen LogP contribution in [0.25, 0.3) is 11.4 Å². The number of amides is 2. The minimum Gasteiger partial charge on any atom is -0.505 e. The number of carbonyl (C=O) groups is 2. The van der Waals surface area contributed by atoms with E-state index in [-0.39, 0.29) is 64.6 Å². The van der Waals surface area contributed by atoms with Crippen molar-refractivity contribution in [2.75, 3.05) is 31.6 Å². The summed E-state index contributed by atoms with van der Waals surface area (Å²) in [4.78, 5) is 50.3. The molecule has 1 fully saturated rings. The van der Waals surface area contributed by atoms with Crippen LogP contribution in [-0.2, 0) is 39.2 Å². The number of ether oxygens (including phenoxy) is 2. The molecule has 1 aromatic carbocycles. The average molecular weight is 704 g/mol. The zero-order valence-electron chi connectivity index (χ0n) is 25.3. The first kappa shape index (κ1) is 32.7. The molecule has 2 amide bonds. The summed E-state index contributed by atoms with van der Waals surface area (Å²) in [5.41, 5.74) is -3.13. The molecule has 256 valence electrons. The van der Waals surface area contributed by atoms with Gasteiger partial charge in [0.05, 0.1) is 53.9 Å². The molecule has 18 heteroatoms. The summed E-state index contributed by atoms with van der Waals surface area (Å²) in [5.74, 6) is -1.66. The topological polar surface area (TPSA) is 153 Å². The fourth-order valence-corrected chi connectivity index (χ4v) is 6.56. The van der Waals surface area contributed by atoms with E-state index in [9.17, 15) is 32.7 Å². The standard InChI is InChI=1S/C31H26ClF4N7O6/c32-18-12-17(31(34,35)36)3-4-19(18)38-23(45)14-42-20-15-49-30(7-9-41(13-22(30)33)28(47)25-21(44)2-1-8-37-25)24(20)27(46)43-29(42)39-26(40-43)16-5-10-48-11-6-16/h1-5,8,12,22,44H,6-7,9-11,13-15H2,(H,38,45)/t22?,30-/m0/s1. The smallest absolute Gasteiger partial charge is 0.416 e. The molecule has 0 saturated carbocycles. The number of aromatic nitrogens is 5. The summed E-state index contributed by atoms with van der Waals surface area (Å²) in [5, 5.41) is 16.7. The molecule has 1 spiro atoms. The number of likely N-dealkylation sites (tertiary alicyclic amines) is 1. The van der Waals surface area contributed by atoms with Crippen LogP contribution in [0.5, 0.6) is 5.75 Å². The lowest BCUT2D eigenvalue weighted by Crippen LogP contribution is -2.55. The number of piperidine rings is 1. The molecule has 6 heterocycles. The van der Waals surface area contributed by atoms with Gasteiger partial charge in [0.15, 0.2) is 17.7 Å². The van der Waals surface area contributed by atoms with Crippen molar-refractivity contribution in [2.45, 2.75) is 43.9 Å². The van der Waals surface area contributed by atoms with Gasteiger partial charge in [-0.15, -0.1) is 5.10 Å². The van der Waals surface area contributed by atoms with Gasteiger partial charge in [-0.1, -0.05) is 17.7 Å². The lowest BCUT2D eigenvalue weighted by atomic mass is 9.83. The summed E-state index contributed by atoms with van der Waals surface area (Å²) in [6.45, 7) is -0.686. The van der Waals surface area contributed by atoms with Crippen molar-refractivity contribution in [3.8, 4) is 5.75 Å². The van der Waals surface area contributed by atoms with Gasteiger partial charge in [0, 0.05) is 19.2 Å². The van der Waals surface area contributed by atoms with E-state index < -0.39 is 54.0 Å². The number of nitrogens with zero attached hydrogens (tertiary/aromatic N) is 6. The molecule has 13 nitrogen and oxygen atoms in total. The maximum absolute atomic E-state index is 16.4. The molecule has 7 rings (SSSR count). The van der Waals surface area contributed by atoms with Gasteiger partial charge < -0.3 is 29.4 Å². The van der Waals surface area contributed by atoms with E-state index in [1.807, 2.05) is 0 Å². The fourth-order valence-electron chi connectivity index (χ4n) is 6.33. The lowest BCUT2D eigenvalue weighted by Gasteiger charge is -2.41. The van der Waals surface area contributed by atoms with Gasteiger partial charge in [-0.2, -0.15) is 22.7 Å². The average Bonchev–Trinajstić information content (AvgIpc) is 3.69. The van der Waals surface area contributed by atoms with E-state index >= 15 is 4.39 Å². The maximum Gasteiger partial charge on any atom is 0.416 e. The third-order valence-corrected chi connectivity index (χ3v) is 9.09. The molecule has 3 aliphatic heterocycles. The number of fused-ring (bicyclic) bond motifs is 3. The SMILES string of the molecule is O=C(Cn1c2c(c(=O)n3nc(C4=CCOCC4)nc13)[C@@]1(CCN(C(=O)c3ncccc3O)CC1F)OC2)Nc1ccc(C(F)(F)F)cc1Cl. The molecule has 2 N–H and O–H groups in total. The van der Waals surface area contributed by atoms with Gasteiger partial charge in [-0.25, -0.2) is 9.37 Å². The normalized spacial score (nSPS) is 20.8. The van der Waals surface area contributed by atoms with Gasteiger partial charge >= 0.3 is 6.18 Å². The molecule has 0 radical (unpaired) electrons. The molecular weight excluding hydrogens is 678 g/mol. The van der Waals surface area contributed by atoms with Crippen LogP contribution in [0, 0.1) is 0 Å². The Morgan fingerprint density at radius 1 is 1.22 bits per heavy atom. The molecule has 0 aliphatic carbocycles. The molecule has 0 bridgehead atoms. The molecule has 4 aromatic rings. The van der Waals surface area contributed by atoms with E-state index in [0.29, 0.717) is 31.3 Å². The largest absolute Gasteiger partial charge is 0.505 e. The highest BCUT2D eigenvalue weighted by atomic mass is 35.5. The zero-order chi connectivity index (χ0) is 34.7. The van der Waals surface area contributed by atoms with Crippen molar-refractivity contribution in [1.82, 2.24) is 29.0 Å². The van der Waals surface area contributed by atoms with E-state index in [1.54, 1.807) is 6.08 Å². The first-order valence-corrected chi connectivity index (χ1v) is 15.4. The number of aromatic hydroxyl groups is 1. The predicted octanol–water partition coefficient (Wildman–Crippen LogP) is 3.72. The Hall–Kier alpha value is -4.87. The number of hydrogen-bond donors (Lipinski definition) is 2. The quantitative estimate of drug-likeness (QED) is 0.296. The van der Waals surface area contributed by atoms with Gasteiger partial charge in [0.25, 0.3) is 11.5 Å². The Kier molecular flexibility index (Phi) is 8.15. The fraction of sp³-hybridized carbons (Fsp3) is 0.355. The molecule has 3 aromatic heterocycles. The number of benzene rings is 1. The number of pyridine rings is 1. The third kappa shape index (κ3) is 5.70. The van der Waals surface area contributed by atoms with E-state index in [2.05, 4.69) is 20.4 Å². The predicted molar refractivity (Wildman–Crippen MR) is 164 cm³/mol. The third-order valence-electron chi connectivity index (χ3n) is 8.78. The zero-order valence-corrected chi connectivity index (χ0v) is 26.1. The Morgan fingerprint density at radius 3 is 2.73 bits per heavy atom. The Labute approximate surface area is 278 Å². The number of alkyl halides is 4. The van der Waals surface area contributed by atoms with Crippen molar-refractivity contribution in [3.63, 3.8) is 0 Å². The van der Waals surface area contributed by atoms with Crippen molar-refractivity contribution < 1.29 is 41.7 Å². The second-order valence-corrected chi connectivity index (χ2v) is 12.1. The molecule has 1 unspecified atom stereocenters. The van der Waals surface area contributed by atoms with Crippen molar-refractivity contribution >= 4 is 40.5 Å². The summed E-state index contributed by atoms with van der Waals surface area (Å²) in [6.07, 6.45) is -3.19. The van der Waals surface area contributed by atoms with Crippen molar-refractivity contribution in [3.05, 3.63) is 86.3 Å². The van der Waals surface area contributed by atoms with Gasteiger partial charge in [0.2, 0.25) is 11.7 Å². The Morgan fingerprint density at radius 2 is 2.04 bits per heavy atom. The van der Waals surface area contributed by atoms with Gasteiger partial charge in [-0.05, 0) is 42.3 Å². The first-order valence-electron chi connectivity index (χ1n) is 15.1. The molecule has 2 atom stereocenters. The van der Waals surface area contributed by atoms with E-state index in [4.69, 9.17) is 21.1 Å². The monoisotopic (exact) mass is 703 g/mol. The van der Waals surface area contributed by atoms with Gasteiger partial charge in [0.1, 0.15) is 17.9 Å². The summed E-state index contributed by atoms with van der Waals surface area (Å²) >= 11 is 6.06. The van der Waals surface area contributed by atoms with Crippen molar-refractivity contribution in [1.29, 1.82) is 0 Å². The first-order chi connectivity index (χ1) is 23.4. The number of hydrogen-bond acceptors (Lipinski definition) is 9. The highest BCUT2D eigenvalue weighted by molar-refractivity contribution is 6.33. The van der Waals surface area contributed by atoms with Crippen LogP contribution < -0.4 is 10.9 Å². The minimum atomic E-state index is -4.65. The number of nitrogens with one attached hydrogen (secondary N) is 1. The van der Waals surface area contributed by atoms with Crippen LogP contribution in [0.15, 0.2) is 47.4 Å². The number of carbonyl (C=O) groups excluding carboxylic acids is 2. The summed E-state index contributed by atoms with van der Waals surface area (Å²) in [7, 11) is 0. The van der Waals surface area contributed by atoms with E-state index in [1.165, 1.54) is 27.8 Å². The molecular formula is C31H26ClF4N7O6. The van der Waals surface area contributed by atoms with Crippen LogP contribution in [-0.4, -0.2) is 78.4 Å². The van der Waals surface area contributed by atoms with Crippen molar-refractivity contribution in [2.24, 2.45) is 0 Å². The maximum atomic E-state index is 16.4. The van der Waals surface area contributed by atoms with Gasteiger partial charge in [-0.3, -0.25) is 14.4 Å². The lowest BCUT2D eigenvalue weighted by molar-refractivity contribution is -0.137. The highest BCUT2D eigenvalue weighted by Crippen LogP contribution is 2.45. The van der Waals surface area contributed by atoms with E-state index in [0.717, 1.165) is 16.6 Å². The number of anilines is 1. The second-order valence-electron chi connectivity index (χ2n) is 11.7. The van der Waals surface area contributed by atoms with Crippen LogP contribution in [0.4, 0.5) is 23.2 Å². The van der Waals surface area contributed by atoms with Crippen LogP contribution in [0.2, 0.25) is 5.02 Å². The number of halogens is 5. The number of rotatable bonds is 5. The van der Waals surface area contributed by atoms with Crippen LogP contribution in [0.1, 0.15) is 46.0 Å². The molecule has 49 heavy (non-hydrogen) atoms. The van der Waals surface area contributed by atoms with Crippen LogP contribution in [0.3, 0.4) is 0 Å².